The lowest BCUT2D eigenvalue weighted by atomic mass is 10.3. The molecule has 0 saturated carbocycles. The Morgan fingerprint density at radius 1 is 1.19 bits per heavy atom. The molecule has 0 unspecified atom stereocenters. The van der Waals surface area contributed by atoms with E-state index in [4.69, 9.17) is 16.3 Å². The van der Waals surface area contributed by atoms with Gasteiger partial charge in [-0.3, -0.25) is 5.10 Å². The van der Waals surface area contributed by atoms with Crippen LogP contribution in [0.25, 0.3) is 11.0 Å². The first kappa shape index (κ1) is 13.8. The van der Waals surface area contributed by atoms with E-state index in [-0.39, 0.29) is 16.1 Å². The summed E-state index contributed by atoms with van der Waals surface area (Å²) in [6.07, 6.45) is 2.66. The Labute approximate surface area is 124 Å². The molecule has 0 spiro atoms. The Morgan fingerprint density at radius 2 is 1.90 bits per heavy atom. The van der Waals surface area contributed by atoms with Crippen molar-refractivity contribution in [3.63, 3.8) is 0 Å². The minimum Gasteiger partial charge on any atom is -0.438 e. The summed E-state index contributed by atoms with van der Waals surface area (Å²) in [6, 6.07) is 6.00. The number of H-pyrrole nitrogens is 1. The molecule has 0 atom stereocenters. The summed E-state index contributed by atoms with van der Waals surface area (Å²) >= 11 is 5.80. The van der Waals surface area contributed by atoms with Gasteiger partial charge in [-0.1, -0.05) is 0 Å². The van der Waals surface area contributed by atoms with Crippen LogP contribution in [-0.2, 0) is 9.84 Å². The van der Waals surface area contributed by atoms with Crippen LogP contribution >= 0.6 is 11.6 Å². The molecule has 0 fully saturated rings. The number of ether oxygens (including phenoxy) is 1. The van der Waals surface area contributed by atoms with E-state index in [1.807, 2.05) is 0 Å². The van der Waals surface area contributed by atoms with Crippen molar-refractivity contribution in [1.82, 2.24) is 20.2 Å². The first-order chi connectivity index (χ1) is 9.93. The number of nitrogens with zero attached hydrogens (tertiary/aromatic N) is 3. The second kappa shape index (κ2) is 4.97. The molecule has 0 aliphatic heterocycles. The Hall–Kier alpha value is -2.19. The van der Waals surface area contributed by atoms with Crippen LogP contribution in [0, 0.1) is 0 Å². The zero-order valence-corrected chi connectivity index (χ0v) is 12.3. The van der Waals surface area contributed by atoms with Crippen molar-refractivity contribution in [2.24, 2.45) is 0 Å². The third-order valence-electron chi connectivity index (χ3n) is 2.71. The Kier molecular flexibility index (Phi) is 3.26. The normalized spacial score (nSPS) is 11.7. The molecule has 0 amide bonds. The molecule has 0 bridgehead atoms. The van der Waals surface area contributed by atoms with Gasteiger partial charge in [0.15, 0.2) is 15.5 Å². The number of rotatable bonds is 3. The Bertz CT molecular complexity index is 906. The number of aromatic amines is 1. The molecule has 3 aromatic rings. The molecule has 0 saturated heterocycles. The predicted molar refractivity (Wildman–Crippen MR) is 76.3 cm³/mol. The molecule has 1 aromatic carbocycles. The van der Waals surface area contributed by atoms with Crippen LogP contribution in [0.15, 0.2) is 35.4 Å². The van der Waals surface area contributed by atoms with Crippen LogP contribution in [0.2, 0.25) is 5.28 Å². The van der Waals surface area contributed by atoms with Gasteiger partial charge in [0.1, 0.15) is 11.1 Å². The number of fused-ring (bicyclic) bond motifs is 1. The molecular weight excluding hydrogens is 316 g/mol. The number of nitrogens with one attached hydrogen (secondary N) is 1. The second-order valence-electron chi connectivity index (χ2n) is 4.28. The van der Waals surface area contributed by atoms with E-state index < -0.39 is 9.84 Å². The van der Waals surface area contributed by atoms with Gasteiger partial charge < -0.3 is 4.74 Å². The lowest BCUT2D eigenvalue weighted by molar-refractivity contribution is 0.468. The lowest BCUT2D eigenvalue weighted by Crippen LogP contribution is -1.97. The molecule has 0 aliphatic carbocycles. The average molecular weight is 325 g/mol. The first-order valence-electron chi connectivity index (χ1n) is 5.78. The number of hydrogen-bond acceptors (Lipinski definition) is 6. The smallest absolute Gasteiger partial charge is 0.234 e. The van der Waals surface area contributed by atoms with Gasteiger partial charge >= 0.3 is 0 Å². The fourth-order valence-corrected chi connectivity index (χ4v) is 2.52. The van der Waals surface area contributed by atoms with Crippen molar-refractivity contribution in [2.45, 2.75) is 4.90 Å². The second-order valence-corrected chi connectivity index (χ2v) is 6.63. The molecular formula is C12H9ClN4O3S. The highest BCUT2D eigenvalue weighted by molar-refractivity contribution is 7.90. The average Bonchev–Trinajstić information content (AvgIpc) is 2.86. The van der Waals surface area contributed by atoms with E-state index in [0.717, 1.165) is 6.26 Å². The van der Waals surface area contributed by atoms with Crippen molar-refractivity contribution in [3.05, 3.63) is 35.7 Å². The van der Waals surface area contributed by atoms with Gasteiger partial charge in [0.2, 0.25) is 11.2 Å². The van der Waals surface area contributed by atoms with Crippen LogP contribution in [0.3, 0.4) is 0 Å². The maximum Gasteiger partial charge on any atom is 0.234 e. The van der Waals surface area contributed by atoms with Crippen LogP contribution in [0.5, 0.6) is 11.6 Å². The molecule has 108 valence electrons. The molecule has 0 radical (unpaired) electrons. The summed E-state index contributed by atoms with van der Waals surface area (Å²) < 4.78 is 28.4. The summed E-state index contributed by atoms with van der Waals surface area (Å²) in [6.45, 7) is 0. The van der Waals surface area contributed by atoms with E-state index in [1.54, 1.807) is 0 Å². The maximum absolute atomic E-state index is 11.4. The van der Waals surface area contributed by atoms with Crippen molar-refractivity contribution >= 4 is 32.5 Å². The van der Waals surface area contributed by atoms with E-state index in [1.165, 1.54) is 30.5 Å². The third kappa shape index (κ3) is 2.81. The zero-order valence-electron chi connectivity index (χ0n) is 10.7. The number of halogens is 1. The van der Waals surface area contributed by atoms with Crippen molar-refractivity contribution in [3.8, 4) is 11.6 Å². The van der Waals surface area contributed by atoms with Gasteiger partial charge in [0.05, 0.1) is 11.1 Å². The number of hydrogen-bond donors (Lipinski definition) is 1. The van der Waals surface area contributed by atoms with Crippen LogP contribution in [0.1, 0.15) is 0 Å². The summed E-state index contributed by atoms with van der Waals surface area (Å²) in [7, 11) is -3.24. The van der Waals surface area contributed by atoms with E-state index in [9.17, 15) is 8.42 Å². The van der Waals surface area contributed by atoms with E-state index in [0.29, 0.717) is 16.8 Å². The van der Waals surface area contributed by atoms with Gasteiger partial charge in [-0.05, 0) is 35.9 Å². The molecule has 7 nitrogen and oxygen atoms in total. The fourth-order valence-electron chi connectivity index (χ4n) is 1.73. The van der Waals surface area contributed by atoms with Crippen molar-refractivity contribution in [2.75, 3.05) is 6.26 Å². The molecule has 3 rings (SSSR count). The quantitative estimate of drug-likeness (QED) is 0.742. The standard InChI is InChI=1S/C12H9ClN4O3S/c1-21(18,19)8-4-2-7(3-5-8)20-11-9-6-14-17-10(9)15-12(13)16-11/h2-6H,1H3,(H,14,15,16,17). The summed E-state index contributed by atoms with van der Waals surface area (Å²) in [5.74, 6) is 0.672. The maximum atomic E-state index is 11.4. The number of sulfone groups is 1. The number of aromatic nitrogens is 4. The largest absolute Gasteiger partial charge is 0.438 e. The van der Waals surface area contributed by atoms with E-state index in [2.05, 4.69) is 20.2 Å². The minimum absolute atomic E-state index is 0.0227. The molecule has 1 N–H and O–H groups in total. The van der Waals surface area contributed by atoms with Crippen molar-refractivity contribution < 1.29 is 13.2 Å². The highest BCUT2D eigenvalue weighted by atomic mass is 35.5. The highest BCUT2D eigenvalue weighted by Crippen LogP contribution is 2.27. The molecule has 0 aliphatic rings. The van der Waals surface area contributed by atoms with Crippen LogP contribution in [-0.4, -0.2) is 34.8 Å². The van der Waals surface area contributed by atoms with Gasteiger partial charge in [-0.2, -0.15) is 15.1 Å². The van der Waals surface area contributed by atoms with E-state index >= 15 is 0 Å². The van der Waals surface area contributed by atoms with Gasteiger partial charge in [-0.15, -0.1) is 0 Å². The van der Waals surface area contributed by atoms with Gasteiger partial charge in [0.25, 0.3) is 0 Å². The predicted octanol–water partition coefficient (Wildman–Crippen LogP) is 2.20. The Morgan fingerprint density at radius 3 is 2.57 bits per heavy atom. The summed E-state index contributed by atoms with van der Waals surface area (Å²) in [5.41, 5.74) is 0.456. The molecule has 2 aromatic heterocycles. The number of benzene rings is 1. The first-order valence-corrected chi connectivity index (χ1v) is 8.05. The fraction of sp³-hybridized carbons (Fsp3) is 0.0833. The molecule has 21 heavy (non-hydrogen) atoms. The van der Waals surface area contributed by atoms with Gasteiger partial charge in [-0.25, -0.2) is 8.42 Å². The third-order valence-corrected chi connectivity index (χ3v) is 4.01. The summed E-state index contributed by atoms with van der Waals surface area (Å²) in [4.78, 5) is 8.17. The SMILES string of the molecule is CS(=O)(=O)c1ccc(Oc2nc(Cl)nc3[nH]ncc23)cc1. The van der Waals surface area contributed by atoms with Crippen molar-refractivity contribution in [1.29, 1.82) is 0 Å². The molecule has 9 heteroatoms. The van der Waals surface area contributed by atoms with Gasteiger partial charge in [0, 0.05) is 6.26 Å². The monoisotopic (exact) mass is 324 g/mol. The Balaban J connectivity index is 1.97. The minimum atomic E-state index is -3.24. The van der Waals surface area contributed by atoms with Crippen LogP contribution in [0.4, 0.5) is 0 Å². The molecule has 2 heterocycles. The lowest BCUT2D eigenvalue weighted by Gasteiger charge is -2.06. The topological polar surface area (TPSA) is 97.8 Å². The zero-order chi connectivity index (χ0) is 15.0. The van der Waals surface area contributed by atoms with Crippen LogP contribution < -0.4 is 4.74 Å². The highest BCUT2D eigenvalue weighted by Gasteiger charge is 2.12. The summed E-state index contributed by atoms with van der Waals surface area (Å²) in [5, 5.41) is 7.11.